The Kier molecular flexibility index (Phi) is 5.98. The minimum Gasteiger partial charge on any atom is -0.496 e. The van der Waals surface area contributed by atoms with Crippen LogP contribution in [0.5, 0.6) is 5.75 Å². The number of benzene rings is 2. The van der Waals surface area contributed by atoms with Gasteiger partial charge in [-0.05, 0) is 62.1 Å². The maximum atomic E-state index is 14.7. The minimum atomic E-state index is -0.437. The van der Waals surface area contributed by atoms with Gasteiger partial charge in [0.2, 0.25) is 0 Å². The molecule has 2 aromatic carbocycles. The molecule has 2 aromatic rings. The Morgan fingerprint density at radius 1 is 1.38 bits per heavy atom. The lowest BCUT2D eigenvalue weighted by Crippen LogP contribution is -2.45. The molecule has 0 radical (unpaired) electrons. The molecule has 1 aliphatic rings. The van der Waals surface area contributed by atoms with E-state index in [1.807, 2.05) is 13.1 Å². The Hall–Kier alpha value is -2.41. The monoisotopic (exact) mass is 461 g/mol. The molecule has 1 unspecified atom stereocenters. The maximum Gasteiger partial charge on any atom is 0.275 e. The number of anilines is 1. The van der Waals surface area contributed by atoms with Crippen LogP contribution in [0.2, 0.25) is 0 Å². The van der Waals surface area contributed by atoms with Crippen molar-refractivity contribution in [1.82, 2.24) is 5.43 Å². The van der Waals surface area contributed by atoms with Gasteiger partial charge in [-0.3, -0.25) is 4.79 Å². The van der Waals surface area contributed by atoms with Crippen LogP contribution in [-0.4, -0.2) is 31.8 Å². The number of halogens is 2. The molecule has 0 aliphatic carbocycles. The summed E-state index contributed by atoms with van der Waals surface area (Å²) >= 11 is 3.33. The fourth-order valence-electron chi connectivity index (χ4n) is 3.78. The summed E-state index contributed by atoms with van der Waals surface area (Å²) in [7, 11) is 3.48. The van der Waals surface area contributed by atoms with E-state index in [0.29, 0.717) is 22.8 Å². The normalized spacial score (nSPS) is 17.9. The molecule has 1 aliphatic heterocycles. The minimum absolute atomic E-state index is 0.0363. The molecule has 1 amide bonds. The van der Waals surface area contributed by atoms with Gasteiger partial charge in [0, 0.05) is 28.3 Å². The van der Waals surface area contributed by atoms with Gasteiger partial charge in [-0.25, -0.2) is 9.82 Å². The average molecular weight is 462 g/mol. The lowest BCUT2D eigenvalue weighted by Gasteiger charge is -2.45. The highest BCUT2D eigenvalue weighted by Crippen LogP contribution is 2.43. The molecule has 154 valence electrons. The molecular formula is C22H25BrFN3O2. The fourth-order valence-corrected chi connectivity index (χ4v) is 4.14. The third kappa shape index (κ3) is 4.29. The lowest BCUT2D eigenvalue weighted by molar-refractivity contribution is 0.0952. The van der Waals surface area contributed by atoms with Crippen molar-refractivity contribution < 1.29 is 13.9 Å². The van der Waals surface area contributed by atoms with Crippen LogP contribution in [0, 0.1) is 5.82 Å². The van der Waals surface area contributed by atoms with Gasteiger partial charge in [-0.15, -0.1) is 0 Å². The van der Waals surface area contributed by atoms with Crippen LogP contribution in [0.3, 0.4) is 0 Å². The average Bonchev–Trinajstić information content (AvgIpc) is 2.66. The number of ether oxygens (including phenoxy) is 1. The van der Waals surface area contributed by atoms with Crippen molar-refractivity contribution in [3.8, 4) is 5.75 Å². The number of carbonyl (C=O) groups excluding carboxylic acids is 1. The van der Waals surface area contributed by atoms with Gasteiger partial charge in [0.15, 0.2) is 0 Å². The van der Waals surface area contributed by atoms with Gasteiger partial charge in [0.05, 0.1) is 18.9 Å². The number of amides is 1. The van der Waals surface area contributed by atoms with Crippen LogP contribution in [0.4, 0.5) is 10.1 Å². The van der Waals surface area contributed by atoms with Crippen molar-refractivity contribution in [1.29, 1.82) is 0 Å². The molecular weight excluding hydrogens is 437 g/mol. The number of methoxy groups -OCH3 is 1. The van der Waals surface area contributed by atoms with E-state index in [9.17, 15) is 9.18 Å². The highest BCUT2D eigenvalue weighted by molar-refractivity contribution is 9.10. The number of hydrazone groups is 1. The van der Waals surface area contributed by atoms with E-state index in [1.165, 1.54) is 13.3 Å². The zero-order chi connectivity index (χ0) is 21.3. The SMILES string of the molecule is COc1ccc(Br)cc1C(=O)N/N=C\c1cc2c(cc1F)N(C)C(C)(C)CC2C. The number of carbonyl (C=O) groups is 1. The second kappa shape index (κ2) is 8.14. The standard InChI is InChI=1S/C22H25BrFN3O2/c1-13-11-22(2,3)27(4)19-10-18(24)14(8-16(13)19)12-25-26-21(28)17-9-15(23)6-7-20(17)29-5/h6-10,12-13H,11H2,1-5H3,(H,26,28)/b25-12-. The maximum absolute atomic E-state index is 14.7. The molecule has 7 heteroatoms. The van der Waals surface area contributed by atoms with Gasteiger partial charge >= 0.3 is 0 Å². The van der Waals surface area contributed by atoms with Gasteiger partial charge in [-0.1, -0.05) is 22.9 Å². The first-order valence-electron chi connectivity index (χ1n) is 9.38. The molecule has 0 saturated carbocycles. The number of nitrogens with zero attached hydrogens (tertiary/aromatic N) is 2. The lowest BCUT2D eigenvalue weighted by atomic mass is 9.80. The molecule has 5 nitrogen and oxygen atoms in total. The zero-order valence-corrected chi connectivity index (χ0v) is 18.8. The van der Waals surface area contributed by atoms with Gasteiger partial charge < -0.3 is 9.64 Å². The third-order valence-corrected chi connectivity index (χ3v) is 6.02. The number of hydrogen-bond donors (Lipinski definition) is 1. The highest BCUT2D eigenvalue weighted by atomic mass is 79.9. The largest absolute Gasteiger partial charge is 0.496 e. The summed E-state index contributed by atoms with van der Waals surface area (Å²) in [6.07, 6.45) is 2.31. The quantitative estimate of drug-likeness (QED) is 0.509. The summed E-state index contributed by atoms with van der Waals surface area (Å²) < 4.78 is 20.6. The van der Waals surface area contributed by atoms with Crippen molar-refractivity contribution in [2.24, 2.45) is 5.10 Å². The van der Waals surface area contributed by atoms with Crippen LogP contribution >= 0.6 is 15.9 Å². The molecule has 29 heavy (non-hydrogen) atoms. The van der Waals surface area contributed by atoms with Gasteiger partial charge in [-0.2, -0.15) is 5.10 Å². The van der Waals surface area contributed by atoms with E-state index >= 15 is 0 Å². The number of nitrogens with one attached hydrogen (secondary N) is 1. The first kappa shape index (κ1) is 21.3. The van der Waals surface area contributed by atoms with Crippen LogP contribution in [0.15, 0.2) is 39.9 Å². The first-order valence-corrected chi connectivity index (χ1v) is 10.2. The van der Waals surface area contributed by atoms with E-state index in [2.05, 4.69) is 52.1 Å². The first-order chi connectivity index (χ1) is 13.6. The van der Waals surface area contributed by atoms with Crippen LogP contribution in [0.1, 0.15) is 54.6 Å². The van der Waals surface area contributed by atoms with E-state index < -0.39 is 5.91 Å². The summed E-state index contributed by atoms with van der Waals surface area (Å²) in [6, 6.07) is 8.47. The predicted octanol–water partition coefficient (Wildman–Crippen LogP) is 5.08. The molecule has 1 N–H and O–H groups in total. The summed E-state index contributed by atoms with van der Waals surface area (Å²) in [5.41, 5.74) is 5.05. The molecule has 0 saturated heterocycles. The molecule has 0 fully saturated rings. The Morgan fingerprint density at radius 2 is 2.10 bits per heavy atom. The summed E-state index contributed by atoms with van der Waals surface area (Å²) in [4.78, 5) is 14.5. The van der Waals surface area contributed by atoms with E-state index in [1.54, 1.807) is 24.3 Å². The summed E-state index contributed by atoms with van der Waals surface area (Å²) in [5, 5.41) is 3.96. The van der Waals surface area contributed by atoms with Gasteiger partial charge in [0.25, 0.3) is 5.91 Å². The van der Waals surface area contributed by atoms with Crippen molar-refractivity contribution in [2.75, 3.05) is 19.1 Å². The molecule has 1 heterocycles. The molecule has 0 spiro atoms. The summed E-state index contributed by atoms with van der Waals surface area (Å²) in [6.45, 7) is 6.46. The number of hydrogen-bond acceptors (Lipinski definition) is 4. The molecule has 1 atom stereocenters. The van der Waals surface area contributed by atoms with Crippen molar-refractivity contribution in [3.05, 3.63) is 57.3 Å². The highest BCUT2D eigenvalue weighted by Gasteiger charge is 2.34. The van der Waals surface area contributed by atoms with Crippen molar-refractivity contribution in [3.63, 3.8) is 0 Å². The van der Waals surface area contributed by atoms with Crippen LogP contribution < -0.4 is 15.1 Å². The molecule has 0 bridgehead atoms. The molecule has 3 rings (SSSR count). The van der Waals surface area contributed by atoms with E-state index in [0.717, 1.165) is 22.1 Å². The third-order valence-electron chi connectivity index (χ3n) is 5.53. The molecule has 0 aromatic heterocycles. The van der Waals surface area contributed by atoms with Crippen LogP contribution in [0.25, 0.3) is 0 Å². The van der Waals surface area contributed by atoms with Crippen LogP contribution in [-0.2, 0) is 0 Å². The van der Waals surface area contributed by atoms with Crippen molar-refractivity contribution >= 4 is 33.7 Å². The topological polar surface area (TPSA) is 53.9 Å². The van der Waals surface area contributed by atoms with Crippen molar-refractivity contribution in [2.45, 2.75) is 38.6 Å². The fraction of sp³-hybridized carbons (Fsp3) is 0.364. The van der Waals surface area contributed by atoms with E-state index in [-0.39, 0.29) is 11.4 Å². The predicted molar refractivity (Wildman–Crippen MR) is 118 cm³/mol. The van der Waals surface area contributed by atoms with Gasteiger partial charge in [0.1, 0.15) is 11.6 Å². The Morgan fingerprint density at radius 3 is 2.79 bits per heavy atom. The van der Waals surface area contributed by atoms with E-state index in [4.69, 9.17) is 4.74 Å². The second-order valence-electron chi connectivity index (χ2n) is 7.95. The smallest absolute Gasteiger partial charge is 0.275 e. The Balaban J connectivity index is 1.83. The Labute approximate surface area is 179 Å². The second-order valence-corrected chi connectivity index (χ2v) is 8.87. The Bertz CT molecular complexity index is 975. The zero-order valence-electron chi connectivity index (χ0n) is 17.2. The number of fused-ring (bicyclic) bond motifs is 1. The summed E-state index contributed by atoms with van der Waals surface area (Å²) in [5.74, 6) is -0.0871. The number of rotatable bonds is 4.